The number of ketones is 1. The summed E-state index contributed by atoms with van der Waals surface area (Å²) in [5.41, 5.74) is 1.10. The summed E-state index contributed by atoms with van der Waals surface area (Å²) in [5.74, 6) is 0.486. The largest absolute Gasteiger partial charge is 0.490 e. The molecule has 1 heterocycles. The molecule has 1 aliphatic heterocycles. The molecule has 0 aliphatic carbocycles. The predicted molar refractivity (Wildman–Crippen MR) is 98.8 cm³/mol. The Morgan fingerprint density at radius 1 is 1.48 bits per heavy atom. The molecule has 1 atom stereocenters. The van der Waals surface area contributed by atoms with E-state index in [1.54, 1.807) is 25.3 Å². The zero-order valence-corrected chi connectivity index (χ0v) is 15.7. The molecule has 0 spiro atoms. The molecule has 0 bridgehead atoms. The Morgan fingerprint density at radius 2 is 2.28 bits per heavy atom. The number of hydrogen-bond donors (Lipinski definition) is 0. The third-order valence-corrected chi connectivity index (χ3v) is 4.60. The summed E-state index contributed by atoms with van der Waals surface area (Å²) < 4.78 is 16.6. The third kappa shape index (κ3) is 5.54. The van der Waals surface area contributed by atoms with Crippen LogP contribution in [0.15, 0.2) is 30.4 Å². The van der Waals surface area contributed by atoms with E-state index in [-0.39, 0.29) is 11.8 Å². The van der Waals surface area contributed by atoms with E-state index < -0.39 is 0 Å². The minimum absolute atomic E-state index is 0.0811. The Kier molecular flexibility index (Phi) is 7.90. The van der Waals surface area contributed by atoms with Gasteiger partial charge in [0.2, 0.25) is 0 Å². The van der Waals surface area contributed by atoms with Crippen LogP contribution in [0.4, 0.5) is 0 Å². The van der Waals surface area contributed by atoms with E-state index in [2.05, 4.69) is 11.5 Å². The fraction of sp³-hybridized carbons (Fsp3) is 0.526. The van der Waals surface area contributed by atoms with Crippen LogP contribution < -0.4 is 4.74 Å². The van der Waals surface area contributed by atoms with Gasteiger partial charge in [-0.05, 0) is 30.2 Å². The lowest BCUT2D eigenvalue weighted by atomic mass is 10.0. The number of carbonyl (C=O) groups is 1. The van der Waals surface area contributed by atoms with Gasteiger partial charge < -0.3 is 14.2 Å². The number of halogens is 1. The van der Waals surface area contributed by atoms with E-state index in [1.807, 2.05) is 6.92 Å². The first-order valence-electron chi connectivity index (χ1n) is 8.52. The van der Waals surface area contributed by atoms with Gasteiger partial charge in [-0.2, -0.15) is 0 Å². The lowest BCUT2D eigenvalue weighted by molar-refractivity contribution is -0.0312. The Hall–Kier alpha value is -1.40. The molecule has 1 saturated heterocycles. The van der Waals surface area contributed by atoms with Crippen LogP contribution in [0, 0.1) is 0 Å². The van der Waals surface area contributed by atoms with Gasteiger partial charge >= 0.3 is 0 Å². The van der Waals surface area contributed by atoms with Crippen molar-refractivity contribution in [2.24, 2.45) is 0 Å². The maximum Gasteiger partial charge on any atom is 0.188 e. The second-order valence-corrected chi connectivity index (χ2v) is 6.41. The zero-order chi connectivity index (χ0) is 18.2. The number of nitrogens with zero attached hydrogens (tertiary/aromatic N) is 1. The summed E-state index contributed by atoms with van der Waals surface area (Å²) in [4.78, 5) is 14.4. The summed E-state index contributed by atoms with van der Waals surface area (Å²) in [5, 5.41) is 0.426. The lowest BCUT2D eigenvalue weighted by Gasteiger charge is -2.35. The molecule has 1 unspecified atom stereocenters. The standard InChI is InChI=1S/C19H26ClNO4/c1-4-14(2)19(22)15-5-6-18(17(20)11-15)25-13-16-12-24-10-8-21(16)7-9-23-3/h5-6,11,16H,2,4,7-10,12-13H2,1,3H3. The van der Waals surface area contributed by atoms with Crippen molar-refractivity contribution < 1.29 is 19.0 Å². The van der Waals surface area contributed by atoms with Crippen LogP contribution >= 0.6 is 11.6 Å². The number of benzene rings is 1. The highest BCUT2D eigenvalue weighted by Gasteiger charge is 2.23. The number of carbonyl (C=O) groups excluding carboxylic acids is 1. The first-order chi connectivity index (χ1) is 12.1. The predicted octanol–water partition coefficient (Wildman–Crippen LogP) is 3.21. The summed E-state index contributed by atoms with van der Waals surface area (Å²) in [6.07, 6.45) is 0.619. The van der Waals surface area contributed by atoms with Gasteiger partial charge in [-0.1, -0.05) is 25.1 Å². The molecule has 0 N–H and O–H groups in total. The quantitative estimate of drug-likeness (QED) is 0.495. The van der Waals surface area contributed by atoms with E-state index in [9.17, 15) is 4.79 Å². The second-order valence-electron chi connectivity index (χ2n) is 6.00. The van der Waals surface area contributed by atoms with E-state index in [1.165, 1.54) is 0 Å². The van der Waals surface area contributed by atoms with Crippen molar-refractivity contribution in [2.45, 2.75) is 19.4 Å². The van der Waals surface area contributed by atoms with Gasteiger partial charge in [0, 0.05) is 25.8 Å². The monoisotopic (exact) mass is 367 g/mol. The molecule has 138 valence electrons. The molecule has 2 rings (SSSR count). The van der Waals surface area contributed by atoms with Gasteiger partial charge in [-0.15, -0.1) is 0 Å². The topological polar surface area (TPSA) is 48.0 Å². The third-order valence-electron chi connectivity index (χ3n) is 4.31. The molecule has 25 heavy (non-hydrogen) atoms. The van der Waals surface area contributed by atoms with Crippen molar-refractivity contribution in [3.63, 3.8) is 0 Å². The number of allylic oxidation sites excluding steroid dienone is 1. The maximum atomic E-state index is 12.2. The Balaban J connectivity index is 1.97. The summed E-state index contributed by atoms with van der Waals surface area (Å²) in [6, 6.07) is 5.26. The second kappa shape index (κ2) is 9.92. The highest BCUT2D eigenvalue weighted by molar-refractivity contribution is 6.32. The van der Waals surface area contributed by atoms with E-state index in [0.717, 1.165) is 19.7 Å². The Labute approximate surface area is 154 Å². The molecule has 0 aromatic heterocycles. The highest BCUT2D eigenvalue weighted by Crippen LogP contribution is 2.27. The van der Waals surface area contributed by atoms with Gasteiger partial charge in [0.15, 0.2) is 5.78 Å². The summed E-state index contributed by atoms with van der Waals surface area (Å²) >= 11 is 6.29. The van der Waals surface area contributed by atoms with Gasteiger partial charge in [-0.3, -0.25) is 9.69 Å². The maximum absolute atomic E-state index is 12.2. The van der Waals surface area contributed by atoms with Crippen molar-refractivity contribution in [2.75, 3.05) is 46.6 Å². The lowest BCUT2D eigenvalue weighted by Crippen LogP contribution is -2.49. The molecule has 1 aliphatic rings. The fourth-order valence-corrected chi connectivity index (χ4v) is 2.89. The van der Waals surface area contributed by atoms with Crippen LogP contribution in [-0.4, -0.2) is 63.4 Å². The number of hydrogen-bond acceptors (Lipinski definition) is 5. The van der Waals surface area contributed by atoms with E-state index >= 15 is 0 Å². The number of methoxy groups -OCH3 is 1. The van der Waals surface area contributed by atoms with Crippen LogP contribution in [0.25, 0.3) is 0 Å². The molecule has 5 nitrogen and oxygen atoms in total. The molecular weight excluding hydrogens is 342 g/mol. The number of Topliss-reactive ketones (excluding diaryl/α,β-unsaturated/α-hetero) is 1. The van der Waals surface area contributed by atoms with Crippen LogP contribution in [0.2, 0.25) is 5.02 Å². The smallest absolute Gasteiger partial charge is 0.188 e. The van der Waals surface area contributed by atoms with Crippen molar-refractivity contribution in [1.29, 1.82) is 0 Å². The van der Waals surface area contributed by atoms with Crippen molar-refractivity contribution >= 4 is 17.4 Å². The fourth-order valence-electron chi connectivity index (χ4n) is 2.66. The number of rotatable bonds is 9. The van der Waals surface area contributed by atoms with Crippen molar-refractivity contribution in [3.05, 3.63) is 40.9 Å². The molecule has 1 aromatic carbocycles. The molecule has 6 heteroatoms. The molecule has 0 amide bonds. The number of ether oxygens (including phenoxy) is 3. The Bertz CT molecular complexity index is 605. The zero-order valence-electron chi connectivity index (χ0n) is 14.9. The van der Waals surface area contributed by atoms with Crippen LogP contribution in [0.5, 0.6) is 5.75 Å². The number of morpholine rings is 1. The van der Waals surface area contributed by atoms with Gasteiger partial charge in [0.05, 0.1) is 30.9 Å². The molecular formula is C19H26ClNO4. The first kappa shape index (κ1) is 19.9. The van der Waals surface area contributed by atoms with E-state index in [4.69, 9.17) is 25.8 Å². The van der Waals surface area contributed by atoms with Gasteiger partial charge in [-0.25, -0.2) is 0 Å². The van der Waals surface area contributed by atoms with Crippen LogP contribution in [0.3, 0.4) is 0 Å². The average molecular weight is 368 g/mol. The van der Waals surface area contributed by atoms with Crippen LogP contribution in [-0.2, 0) is 9.47 Å². The molecule has 1 aromatic rings. The summed E-state index contributed by atoms with van der Waals surface area (Å²) in [7, 11) is 1.70. The summed E-state index contributed by atoms with van der Waals surface area (Å²) in [6.45, 7) is 9.87. The normalized spacial score (nSPS) is 18.1. The molecule has 1 fully saturated rings. The average Bonchev–Trinajstić information content (AvgIpc) is 2.64. The minimum atomic E-state index is -0.0811. The van der Waals surface area contributed by atoms with E-state index in [0.29, 0.717) is 48.2 Å². The van der Waals surface area contributed by atoms with Crippen molar-refractivity contribution in [3.8, 4) is 5.75 Å². The Morgan fingerprint density at radius 3 is 2.96 bits per heavy atom. The highest BCUT2D eigenvalue weighted by atomic mass is 35.5. The first-order valence-corrected chi connectivity index (χ1v) is 8.90. The SMILES string of the molecule is C=C(CC)C(=O)c1ccc(OCC2COCCN2CCOC)c(Cl)c1. The van der Waals surface area contributed by atoms with Crippen LogP contribution in [0.1, 0.15) is 23.7 Å². The molecule has 0 saturated carbocycles. The van der Waals surface area contributed by atoms with Gasteiger partial charge in [0.1, 0.15) is 12.4 Å². The van der Waals surface area contributed by atoms with Gasteiger partial charge in [0.25, 0.3) is 0 Å². The van der Waals surface area contributed by atoms with Crippen molar-refractivity contribution in [1.82, 2.24) is 4.90 Å². The molecule has 0 radical (unpaired) electrons. The minimum Gasteiger partial charge on any atom is -0.490 e.